The van der Waals surface area contributed by atoms with Gasteiger partial charge in [0.25, 0.3) is 5.91 Å². The SMILES string of the molecule is CC(=O)c1cc2c(cc1NC(=O)c1ccc(F)nc1)OCO2. The van der Waals surface area contributed by atoms with Crippen LogP contribution in [0.3, 0.4) is 0 Å². The number of ether oxygens (including phenoxy) is 2. The van der Waals surface area contributed by atoms with E-state index in [0.29, 0.717) is 22.7 Å². The first kappa shape index (κ1) is 14.0. The van der Waals surface area contributed by atoms with E-state index < -0.39 is 11.9 Å². The van der Waals surface area contributed by atoms with Gasteiger partial charge in [0.2, 0.25) is 12.7 Å². The second kappa shape index (κ2) is 5.44. The molecule has 7 heteroatoms. The van der Waals surface area contributed by atoms with E-state index in [1.165, 1.54) is 25.1 Å². The van der Waals surface area contributed by atoms with Crippen LogP contribution in [-0.2, 0) is 0 Å². The Morgan fingerprint density at radius 1 is 1.23 bits per heavy atom. The van der Waals surface area contributed by atoms with Gasteiger partial charge in [-0.1, -0.05) is 0 Å². The van der Waals surface area contributed by atoms with Crippen LogP contribution in [-0.4, -0.2) is 23.5 Å². The van der Waals surface area contributed by atoms with Gasteiger partial charge in [0.1, 0.15) is 0 Å². The average molecular weight is 302 g/mol. The number of aromatic nitrogens is 1. The molecule has 0 saturated carbocycles. The van der Waals surface area contributed by atoms with Crippen LogP contribution in [0, 0.1) is 5.95 Å². The fourth-order valence-corrected chi connectivity index (χ4v) is 2.04. The van der Waals surface area contributed by atoms with Crippen LogP contribution in [0.5, 0.6) is 11.5 Å². The van der Waals surface area contributed by atoms with Crippen molar-refractivity contribution in [3.05, 3.63) is 47.5 Å². The van der Waals surface area contributed by atoms with Crippen molar-refractivity contribution in [2.75, 3.05) is 12.1 Å². The van der Waals surface area contributed by atoms with Crippen LogP contribution in [0.4, 0.5) is 10.1 Å². The summed E-state index contributed by atoms with van der Waals surface area (Å²) in [6.07, 6.45) is 1.12. The van der Waals surface area contributed by atoms with E-state index in [4.69, 9.17) is 9.47 Å². The van der Waals surface area contributed by atoms with E-state index in [0.717, 1.165) is 12.3 Å². The van der Waals surface area contributed by atoms with Gasteiger partial charge >= 0.3 is 0 Å². The lowest BCUT2D eigenvalue weighted by Gasteiger charge is -2.10. The van der Waals surface area contributed by atoms with Gasteiger partial charge in [-0.15, -0.1) is 0 Å². The second-order valence-electron chi connectivity index (χ2n) is 4.63. The van der Waals surface area contributed by atoms with Gasteiger partial charge in [0.15, 0.2) is 17.3 Å². The molecule has 1 aliphatic heterocycles. The van der Waals surface area contributed by atoms with Crippen molar-refractivity contribution in [1.29, 1.82) is 0 Å². The standard InChI is InChI=1S/C15H11FN2O4/c1-8(19)10-4-12-13(22-7-21-12)5-11(10)18-15(20)9-2-3-14(16)17-6-9/h2-6H,7H2,1H3,(H,18,20). The molecular weight excluding hydrogens is 291 g/mol. The third-order valence-corrected chi connectivity index (χ3v) is 3.13. The van der Waals surface area contributed by atoms with Gasteiger partial charge in [-0.05, 0) is 25.1 Å². The molecule has 0 radical (unpaired) electrons. The quantitative estimate of drug-likeness (QED) is 0.696. The smallest absolute Gasteiger partial charge is 0.257 e. The fraction of sp³-hybridized carbons (Fsp3) is 0.133. The first-order valence-corrected chi connectivity index (χ1v) is 6.42. The van der Waals surface area contributed by atoms with Gasteiger partial charge in [0, 0.05) is 17.8 Å². The van der Waals surface area contributed by atoms with E-state index in [2.05, 4.69) is 10.3 Å². The van der Waals surface area contributed by atoms with Crippen molar-refractivity contribution in [1.82, 2.24) is 4.98 Å². The molecule has 1 aromatic carbocycles. The van der Waals surface area contributed by atoms with Gasteiger partial charge in [-0.3, -0.25) is 9.59 Å². The third-order valence-electron chi connectivity index (χ3n) is 3.13. The lowest BCUT2D eigenvalue weighted by Crippen LogP contribution is -2.14. The van der Waals surface area contributed by atoms with Crippen LogP contribution < -0.4 is 14.8 Å². The van der Waals surface area contributed by atoms with Crippen molar-refractivity contribution < 1.29 is 23.5 Å². The van der Waals surface area contributed by atoms with Crippen LogP contribution in [0.15, 0.2) is 30.5 Å². The molecule has 0 atom stereocenters. The minimum Gasteiger partial charge on any atom is -0.454 e. The zero-order valence-corrected chi connectivity index (χ0v) is 11.6. The second-order valence-corrected chi connectivity index (χ2v) is 4.63. The number of hydrogen-bond donors (Lipinski definition) is 1. The number of pyridine rings is 1. The molecule has 112 valence electrons. The van der Waals surface area contributed by atoms with Crippen LogP contribution in [0.1, 0.15) is 27.6 Å². The number of anilines is 1. The summed E-state index contributed by atoms with van der Waals surface area (Å²) in [7, 11) is 0. The molecule has 0 aliphatic carbocycles. The molecule has 0 saturated heterocycles. The molecule has 0 spiro atoms. The van der Waals surface area contributed by atoms with Gasteiger partial charge < -0.3 is 14.8 Å². The number of carbonyl (C=O) groups excluding carboxylic acids is 2. The highest BCUT2D eigenvalue weighted by Crippen LogP contribution is 2.37. The summed E-state index contributed by atoms with van der Waals surface area (Å²) in [5.74, 6) is -0.520. The number of amides is 1. The number of carbonyl (C=O) groups is 2. The van der Waals surface area contributed by atoms with Gasteiger partial charge in [-0.25, -0.2) is 4.98 Å². The Bertz CT molecular complexity index is 759. The number of nitrogens with one attached hydrogen (secondary N) is 1. The Morgan fingerprint density at radius 3 is 2.59 bits per heavy atom. The molecule has 1 N–H and O–H groups in total. The minimum absolute atomic E-state index is 0.0615. The van der Waals surface area contributed by atoms with E-state index in [1.54, 1.807) is 0 Å². The number of halogens is 1. The Hall–Kier alpha value is -2.96. The molecule has 2 heterocycles. The molecular formula is C15H11FN2O4. The predicted molar refractivity (Wildman–Crippen MR) is 74.7 cm³/mol. The fourth-order valence-electron chi connectivity index (χ4n) is 2.04. The van der Waals surface area contributed by atoms with E-state index in [-0.39, 0.29) is 18.1 Å². The normalized spacial score (nSPS) is 12.1. The molecule has 0 unspecified atom stereocenters. The number of ketones is 1. The maximum absolute atomic E-state index is 12.8. The summed E-state index contributed by atoms with van der Waals surface area (Å²) in [5.41, 5.74) is 0.771. The molecule has 6 nitrogen and oxygen atoms in total. The Labute approximate surface area is 124 Å². The molecule has 0 fully saturated rings. The van der Waals surface area contributed by atoms with Crippen molar-refractivity contribution in [3.63, 3.8) is 0 Å². The predicted octanol–water partition coefficient (Wildman–Crippen LogP) is 2.40. The van der Waals surface area contributed by atoms with Crippen LogP contribution >= 0.6 is 0 Å². The van der Waals surface area contributed by atoms with Crippen molar-refractivity contribution in [2.45, 2.75) is 6.92 Å². The molecule has 2 aromatic rings. The largest absolute Gasteiger partial charge is 0.454 e. The monoisotopic (exact) mass is 302 g/mol. The number of Topliss-reactive ketones (excluding diaryl/α,β-unsaturated/α-hetero) is 1. The number of hydrogen-bond acceptors (Lipinski definition) is 5. The zero-order valence-electron chi connectivity index (χ0n) is 11.6. The summed E-state index contributed by atoms with van der Waals surface area (Å²) in [5, 5.41) is 2.60. The van der Waals surface area contributed by atoms with E-state index in [9.17, 15) is 14.0 Å². The Balaban J connectivity index is 1.92. The topological polar surface area (TPSA) is 77.5 Å². The summed E-state index contributed by atoms with van der Waals surface area (Å²) in [4.78, 5) is 27.3. The first-order valence-electron chi connectivity index (χ1n) is 6.42. The zero-order chi connectivity index (χ0) is 15.7. The van der Waals surface area contributed by atoms with Gasteiger partial charge in [0.05, 0.1) is 11.3 Å². The number of nitrogens with zero attached hydrogens (tertiary/aromatic N) is 1. The molecule has 1 aliphatic rings. The Morgan fingerprint density at radius 2 is 1.95 bits per heavy atom. The lowest BCUT2D eigenvalue weighted by molar-refractivity contribution is 0.101. The molecule has 3 rings (SSSR count). The van der Waals surface area contributed by atoms with E-state index >= 15 is 0 Å². The van der Waals surface area contributed by atoms with Crippen molar-refractivity contribution in [3.8, 4) is 11.5 Å². The molecule has 1 amide bonds. The van der Waals surface area contributed by atoms with Crippen LogP contribution in [0.25, 0.3) is 0 Å². The first-order chi connectivity index (χ1) is 10.5. The highest BCUT2D eigenvalue weighted by molar-refractivity contribution is 6.09. The average Bonchev–Trinajstić information content (AvgIpc) is 2.94. The summed E-state index contributed by atoms with van der Waals surface area (Å²) in [6, 6.07) is 5.43. The lowest BCUT2D eigenvalue weighted by atomic mass is 10.1. The summed E-state index contributed by atoms with van der Waals surface area (Å²) >= 11 is 0. The number of rotatable bonds is 3. The Kier molecular flexibility index (Phi) is 3.46. The van der Waals surface area contributed by atoms with Crippen LogP contribution in [0.2, 0.25) is 0 Å². The highest BCUT2D eigenvalue weighted by Gasteiger charge is 2.20. The van der Waals surface area contributed by atoms with E-state index in [1.807, 2.05) is 0 Å². The summed E-state index contributed by atoms with van der Waals surface area (Å²) < 4.78 is 23.2. The van der Waals surface area contributed by atoms with Gasteiger partial charge in [-0.2, -0.15) is 4.39 Å². The minimum atomic E-state index is -0.677. The maximum atomic E-state index is 12.8. The van der Waals surface area contributed by atoms with Crippen molar-refractivity contribution in [2.24, 2.45) is 0 Å². The molecule has 1 aromatic heterocycles. The summed E-state index contributed by atoms with van der Waals surface area (Å²) in [6.45, 7) is 1.44. The number of benzene rings is 1. The number of fused-ring (bicyclic) bond motifs is 1. The third kappa shape index (κ3) is 2.60. The highest BCUT2D eigenvalue weighted by atomic mass is 19.1. The molecule has 0 bridgehead atoms. The molecule has 22 heavy (non-hydrogen) atoms. The maximum Gasteiger partial charge on any atom is 0.257 e. The van der Waals surface area contributed by atoms with Crippen molar-refractivity contribution >= 4 is 17.4 Å².